The molecule has 5 rings (SSSR count). The fraction of sp³-hybridized carbons (Fsp3) is 0.333. The molecule has 2 aromatic carbocycles. The summed E-state index contributed by atoms with van der Waals surface area (Å²) < 4.78 is 33.5. The second-order valence-corrected chi connectivity index (χ2v) is 9.56. The molecular weight excluding hydrogens is 406 g/mol. The van der Waals surface area contributed by atoms with Crippen LogP contribution in [0.2, 0.25) is 0 Å². The van der Waals surface area contributed by atoms with Crippen molar-refractivity contribution < 1.29 is 17.6 Å². The number of para-hydroxylation sites is 1. The van der Waals surface area contributed by atoms with Gasteiger partial charge in [-0.25, -0.2) is 13.2 Å². The molecule has 8 nitrogen and oxygen atoms in total. The van der Waals surface area contributed by atoms with Crippen molar-refractivity contribution >= 4 is 32.7 Å². The van der Waals surface area contributed by atoms with Crippen LogP contribution in [-0.2, 0) is 27.8 Å². The molecule has 9 heteroatoms. The minimum atomic E-state index is -3.62. The maximum Gasteiger partial charge on any atom is 0.420 e. The molecule has 3 heterocycles. The van der Waals surface area contributed by atoms with E-state index in [9.17, 15) is 18.0 Å². The Labute approximate surface area is 173 Å². The molecule has 0 N–H and O–H groups in total. The third-order valence-corrected chi connectivity index (χ3v) is 7.72. The highest BCUT2D eigenvalue weighted by Gasteiger charge is 2.29. The van der Waals surface area contributed by atoms with Crippen molar-refractivity contribution in [3.8, 4) is 0 Å². The average Bonchev–Trinajstić information content (AvgIpc) is 3.47. The Kier molecular flexibility index (Phi) is 4.52. The van der Waals surface area contributed by atoms with E-state index in [-0.39, 0.29) is 22.9 Å². The standard InChI is InChI=1S/C21H21N3O5S/c25-20(23-12-9-15-5-1-2-6-17(15)23)14-24-18-8-7-16(13-19(18)29-21(24)26)30(27,28)22-10-3-4-11-22/h1-2,5-8,13H,3-4,9-12,14H2. The highest BCUT2D eigenvalue weighted by molar-refractivity contribution is 7.89. The number of nitrogens with zero attached hydrogens (tertiary/aromatic N) is 3. The largest absolute Gasteiger partial charge is 0.420 e. The number of hydrogen-bond acceptors (Lipinski definition) is 5. The van der Waals surface area contributed by atoms with Crippen molar-refractivity contribution in [2.24, 2.45) is 0 Å². The lowest BCUT2D eigenvalue weighted by Gasteiger charge is -2.17. The average molecular weight is 427 g/mol. The lowest BCUT2D eigenvalue weighted by molar-refractivity contribution is -0.119. The summed E-state index contributed by atoms with van der Waals surface area (Å²) in [5.74, 6) is -0.889. The van der Waals surface area contributed by atoms with Crippen molar-refractivity contribution in [3.05, 3.63) is 58.6 Å². The zero-order valence-electron chi connectivity index (χ0n) is 16.3. The molecule has 2 aliphatic heterocycles. The number of hydrogen-bond donors (Lipinski definition) is 0. The third kappa shape index (κ3) is 3.05. The van der Waals surface area contributed by atoms with Crippen LogP contribution >= 0.6 is 0 Å². The van der Waals surface area contributed by atoms with Gasteiger partial charge in [-0.1, -0.05) is 18.2 Å². The topological polar surface area (TPSA) is 92.8 Å². The van der Waals surface area contributed by atoms with Gasteiger partial charge in [0.15, 0.2) is 5.58 Å². The SMILES string of the molecule is O=C(Cn1c(=O)oc2cc(S(=O)(=O)N3CCCC3)ccc21)N1CCc2ccccc21. The first-order valence-corrected chi connectivity index (χ1v) is 11.4. The number of carbonyl (C=O) groups is 1. The van der Waals surface area contributed by atoms with E-state index in [0.29, 0.717) is 25.2 Å². The van der Waals surface area contributed by atoms with E-state index in [2.05, 4.69) is 0 Å². The van der Waals surface area contributed by atoms with Crippen LogP contribution in [0.5, 0.6) is 0 Å². The summed E-state index contributed by atoms with van der Waals surface area (Å²) in [4.78, 5) is 27.1. The van der Waals surface area contributed by atoms with Gasteiger partial charge in [0, 0.05) is 31.4 Å². The predicted molar refractivity (Wildman–Crippen MR) is 111 cm³/mol. The highest BCUT2D eigenvalue weighted by Crippen LogP contribution is 2.28. The lowest BCUT2D eigenvalue weighted by atomic mass is 10.2. The molecule has 0 atom stereocenters. The maximum absolute atomic E-state index is 12.9. The minimum absolute atomic E-state index is 0.0950. The molecule has 0 bridgehead atoms. The Balaban J connectivity index is 1.45. The van der Waals surface area contributed by atoms with Crippen LogP contribution in [0.1, 0.15) is 18.4 Å². The first kappa shape index (κ1) is 19.1. The Morgan fingerprint density at radius 2 is 1.80 bits per heavy atom. The van der Waals surface area contributed by atoms with Gasteiger partial charge in [0.25, 0.3) is 0 Å². The highest BCUT2D eigenvalue weighted by atomic mass is 32.2. The van der Waals surface area contributed by atoms with Crippen molar-refractivity contribution in [2.45, 2.75) is 30.7 Å². The summed E-state index contributed by atoms with van der Waals surface area (Å²) in [6.07, 6.45) is 2.46. The second kappa shape index (κ2) is 7.10. The molecule has 0 unspecified atom stereocenters. The monoisotopic (exact) mass is 427 g/mol. The van der Waals surface area contributed by atoms with Crippen LogP contribution in [0.4, 0.5) is 5.69 Å². The van der Waals surface area contributed by atoms with Crippen LogP contribution in [0.25, 0.3) is 11.1 Å². The normalized spacial score (nSPS) is 17.0. The lowest BCUT2D eigenvalue weighted by Crippen LogP contribution is -2.34. The quantitative estimate of drug-likeness (QED) is 0.635. The molecule has 0 radical (unpaired) electrons. The molecule has 1 amide bonds. The molecule has 1 aromatic heterocycles. The van der Waals surface area contributed by atoms with Crippen LogP contribution < -0.4 is 10.7 Å². The summed E-state index contributed by atoms with van der Waals surface area (Å²) >= 11 is 0. The molecular formula is C21H21N3O5S. The molecule has 30 heavy (non-hydrogen) atoms. The number of sulfonamides is 1. The van der Waals surface area contributed by atoms with Crippen molar-refractivity contribution in [2.75, 3.05) is 24.5 Å². The maximum atomic E-state index is 12.9. The van der Waals surface area contributed by atoms with Gasteiger partial charge in [-0.3, -0.25) is 9.36 Å². The first-order valence-electron chi connectivity index (χ1n) is 9.97. The molecule has 156 valence electrons. The Hall–Kier alpha value is -2.91. The number of benzene rings is 2. The predicted octanol–water partition coefficient (Wildman–Crippen LogP) is 1.97. The van der Waals surface area contributed by atoms with Gasteiger partial charge in [0.05, 0.1) is 10.4 Å². The van der Waals surface area contributed by atoms with E-state index < -0.39 is 15.8 Å². The van der Waals surface area contributed by atoms with Crippen LogP contribution in [0, 0.1) is 0 Å². The number of fused-ring (bicyclic) bond motifs is 2. The Morgan fingerprint density at radius 1 is 1.03 bits per heavy atom. The third-order valence-electron chi connectivity index (χ3n) is 5.82. The smallest absolute Gasteiger partial charge is 0.408 e. The summed E-state index contributed by atoms with van der Waals surface area (Å²) in [5.41, 5.74) is 2.53. The van der Waals surface area contributed by atoms with Crippen LogP contribution in [0.15, 0.2) is 56.6 Å². The van der Waals surface area contributed by atoms with Crippen LogP contribution in [-0.4, -0.2) is 42.8 Å². The Morgan fingerprint density at radius 3 is 2.60 bits per heavy atom. The number of oxazole rings is 1. The van der Waals surface area contributed by atoms with Gasteiger partial charge in [0.2, 0.25) is 15.9 Å². The zero-order chi connectivity index (χ0) is 20.9. The fourth-order valence-corrected chi connectivity index (χ4v) is 5.79. The van der Waals surface area contributed by atoms with Gasteiger partial charge >= 0.3 is 5.76 Å². The van der Waals surface area contributed by atoms with Crippen molar-refractivity contribution in [3.63, 3.8) is 0 Å². The summed E-state index contributed by atoms with van der Waals surface area (Å²) in [6.45, 7) is 1.40. The van der Waals surface area contributed by atoms with Gasteiger partial charge < -0.3 is 9.32 Å². The number of anilines is 1. The van der Waals surface area contributed by atoms with E-state index in [1.807, 2.05) is 24.3 Å². The molecule has 0 saturated carbocycles. The zero-order valence-corrected chi connectivity index (χ0v) is 17.1. The number of aromatic nitrogens is 1. The number of carbonyl (C=O) groups excluding carboxylic acids is 1. The van der Waals surface area contributed by atoms with Gasteiger partial charge in [-0.15, -0.1) is 0 Å². The molecule has 1 fully saturated rings. The number of amides is 1. The van der Waals surface area contributed by atoms with E-state index >= 15 is 0 Å². The Bertz CT molecular complexity index is 1300. The van der Waals surface area contributed by atoms with Crippen molar-refractivity contribution in [1.29, 1.82) is 0 Å². The second-order valence-electron chi connectivity index (χ2n) is 7.62. The fourth-order valence-electron chi connectivity index (χ4n) is 4.25. The van der Waals surface area contributed by atoms with Gasteiger partial charge in [-0.2, -0.15) is 4.31 Å². The summed E-state index contributed by atoms with van der Waals surface area (Å²) in [6, 6.07) is 12.1. The molecule has 3 aromatic rings. The van der Waals surface area contributed by atoms with E-state index in [0.717, 1.165) is 30.5 Å². The molecule has 0 spiro atoms. The summed E-state index contributed by atoms with van der Waals surface area (Å²) in [5, 5.41) is 0. The minimum Gasteiger partial charge on any atom is -0.408 e. The van der Waals surface area contributed by atoms with Crippen LogP contribution in [0.3, 0.4) is 0 Å². The number of rotatable bonds is 4. The van der Waals surface area contributed by atoms with E-state index in [4.69, 9.17) is 4.42 Å². The molecule has 0 aliphatic carbocycles. The van der Waals surface area contributed by atoms with E-state index in [1.165, 1.54) is 27.1 Å². The first-order chi connectivity index (χ1) is 14.4. The summed E-state index contributed by atoms with van der Waals surface area (Å²) in [7, 11) is -3.62. The molecule has 2 aliphatic rings. The van der Waals surface area contributed by atoms with Gasteiger partial charge in [-0.05, 0) is 43.0 Å². The van der Waals surface area contributed by atoms with Crippen molar-refractivity contribution in [1.82, 2.24) is 8.87 Å². The van der Waals surface area contributed by atoms with Gasteiger partial charge in [0.1, 0.15) is 6.54 Å². The molecule has 1 saturated heterocycles. The van der Waals surface area contributed by atoms with E-state index in [1.54, 1.807) is 4.90 Å².